The van der Waals surface area contributed by atoms with Gasteiger partial charge in [-0.15, -0.1) is 0 Å². The number of imidazole rings is 1. The molecular weight excluding hydrogens is 262 g/mol. The molecule has 4 nitrogen and oxygen atoms in total. The third kappa shape index (κ3) is 2.52. The van der Waals surface area contributed by atoms with Crippen LogP contribution in [0, 0.1) is 20.8 Å². The summed E-state index contributed by atoms with van der Waals surface area (Å²) in [4.78, 5) is 16.8. The summed E-state index contributed by atoms with van der Waals surface area (Å²) < 4.78 is 1.91. The van der Waals surface area contributed by atoms with Crippen molar-refractivity contribution in [3.05, 3.63) is 65.1 Å². The molecule has 0 spiro atoms. The largest absolute Gasteiger partial charge is 0.319 e. The third-order valence-corrected chi connectivity index (χ3v) is 3.62. The molecule has 2 aromatic heterocycles. The first kappa shape index (κ1) is 13.4. The summed E-state index contributed by atoms with van der Waals surface area (Å²) in [5, 5.41) is 2.94. The molecule has 0 aliphatic heterocycles. The molecular formula is C17H17N3O. The highest BCUT2D eigenvalue weighted by Gasteiger charge is 2.10. The summed E-state index contributed by atoms with van der Waals surface area (Å²) in [6.07, 6.45) is 3.85. The first-order valence-electron chi connectivity index (χ1n) is 6.87. The van der Waals surface area contributed by atoms with Crippen LogP contribution >= 0.6 is 0 Å². The zero-order valence-corrected chi connectivity index (χ0v) is 12.3. The van der Waals surface area contributed by atoms with Gasteiger partial charge < -0.3 is 9.72 Å². The van der Waals surface area contributed by atoms with Crippen LogP contribution in [-0.2, 0) is 0 Å². The van der Waals surface area contributed by atoms with Crippen molar-refractivity contribution in [2.75, 3.05) is 5.32 Å². The molecule has 1 N–H and O–H groups in total. The van der Waals surface area contributed by atoms with Gasteiger partial charge in [0, 0.05) is 18.0 Å². The highest BCUT2D eigenvalue weighted by molar-refractivity contribution is 6.06. The molecule has 0 atom stereocenters. The summed E-state index contributed by atoms with van der Waals surface area (Å²) in [7, 11) is 0. The van der Waals surface area contributed by atoms with Crippen LogP contribution in [0.4, 0.5) is 5.69 Å². The zero-order chi connectivity index (χ0) is 15.0. The van der Waals surface area contributed by atoms with Crippen molar-refractivity contribution in [1.82, 2.24) is 9.38 Å². The van der Waals surface area contributed by atoms with Crippen LogP contribution in [-0.4, -0.2) is 15.3 Å². The summed E-state index contributed by atoms with van der Waals surface area (Å²) in [6.45, 7) is 5.97. The fourth-order valence-corrected chi connectivity index (χ4v) is 2.31. The van der Waals surface area contributed by atoms with Crippen LogP contribution in [0.15, 0.2) is 42.7 Å². The molecule has 0 radical (unpaired) electrons. The van der Waals surface area contributed by atoms with Gasteiger partial charge in [-0.2, -0.15) is 0 Å². The van der Waals surface area contributed by atoms with Gasteiger partial charge in [0.25, 0.3) is 5.91 Å². The Balaban J connectivity index is 1.94. The molecule has 0 saturated carbocycles. The molecule has 2 heterocycles. The predicted molar refractivity (Wildman–Crippen MR) is 83.8 cm³/mol. The van der Waals surface area contributed by atoms with Crippen LogP contribution in [0.2, 0.25) is 0 Å². The number of aryl methyl sites for hydroxylation is 3. The molecule has 1 amide bonds. The van der Waals surface area contributed by atoms with E-state index in [1.54, 1.807) is 0 Å². The van der Waals surface area contributed by atoms with Gasteiger partial charge in [-0.3, -0.25) is 4.79 Å². The number of benzene rings is 1. The number of anilines is 1. The van der Waals surface area contributed by atoms with E-state index in [-0.39, 0.29) is 5.91 Å². The van der Waals surface area contributed by atoms with E-state index < -0.39 is 0 Å². The Bertz CT molecular complexity index is 833. The summed E-state index contributed by atoms with van der Waals surface area (Å²) >= 11 is 0. The number of nitrogens with one attached hydrogen (secondary N) is 1. The van der Waals surface area contributed by atoms with Crippen LogP contribution in [0.5, 0.6) is 0 Å². The van der Waals surface area contributed by atoms with Gasteiger partial charge >= 0.3 is 0 Å². The molecule has 0 aliphatic rings. The molecule has 0 saturated heterocycles. The van der Waals surface area contributed by atoms with Crippen LogP contribution in [0.3, 0.4) is 0 Å². The van der Waals surface area contributed by atoms with Crippen LogP contribution in [0.1, 0.15) is 27.2 Å². The number of rotatable bonds is 2. The standard InChI is InChI=1S/C17H17N3O/c1-11-6-7-14(9-12(11)2)17(21)19-15-5-4-8-20-10-13(3)18-16(15)20/h4-10H,1-3H3,(H,19,21). The van der Waals surface area contributed by atoms with E-state index in [2.05, 4.69) is 10.3 Å². The normalized spacial score (nSPS) is 10.8. The highest BCUT2D eigenvalue weighted by Crippen LogP contribution is 2.18. The lowest BCUT2D eigenvalue weighted by atomic mass is 10.1. The van der Waals surface area contributed by atoms with E-state index in [9.17, 15) is 4.79 Å². The number of carbonyl (C=O) groups excluding carboxylic acids is 1. The van der Waals surface area contributed by atoms with Gasteiger partial charge in [-0.25, -0.2) is 4.98 Å². The first-order valence-corrected chi connectivity index (χ1v) is 6.87. The molecule has 0 bridgehead atoms. The van der Waals surface area contributed by atoms with Crippen molar-refractivity contribution in [3.8, 4) is 0 Å². The number of nitrogens with zero attached hydrogens (tertiary/aromatic N) is 2. The SMILES string of the molecule is Cc1cn2cccc(NC(=O)c3ccc(C)c(C)c3)c2n1. The Morgan fingerprint density at radius 1 is 1.14 bits per heavy atom. The number of amides is 1. The first-order chi connectivity index (χ1) is 10.0. The maximum absolute atomic E-state index is 12.4. The minimum absolute atomic E-state index is 0.119. The van der Waals surface area contributed by atoms with Gasteiger partial charge in [-0.1, -0.05) is 6.07 Å². The second-order valence-electron chi connectivity index (χ2n) is 5.29. The molecule has 1 aromatic carbocycles. The van der Waals surface area contributed by atoms with E-state index in [0.29, 0.717) is 11.3 Å². The second kappa shape index (κ2) is 5.05. The van der Waals surface area contributed by atoms with Crippen molar-refractivity contribution < 1.29 is 4.79 Å². The molecule has 21 heavy (non-hydrogen) atoms. The van der Waals surface area contributed by atoms with Crippen LogP contribution < -0.4 is 5.32 Å². The summed E-state index contributed by atoms with van der Waals surface area (Å²) in [5.41, 5.74) is 5.34. The fourth-order valence-electron chi connectivity index (χ4n) is 2.31. The average molecular weight is 279 g/mol. The third-order valence-electron chi connectivity index (χ3n) is 3.62. The Labute approximate surface area is 123 Å². The number of aromatic nitrogens is 2. The lowest BCUT2D eigenvalue weighted by Crippen LogP contribution is -2.13. The number of hydrogen-bond acceptors (Lipinski definition) is 2. The second-order valence-corrected chi connectivity index (χ2v) is 5.29. The molecule has 3 rings (SSSR count). The van der Waals surface area contributed by atoms with Crippen molar-refractivity contribution in [3.63, 3.8) is 0 Å². The van der Waals surface area contributed by atoms with Gasteiger partial charge in [0.05, 0.1) is 11.4 Å². The van der Waals surface area contributed by atoms with Crippen molar-refractivity contribution in [2.24, 2.45) is 0 Å². The Kier molecular flexibility index (Phi) is 3.22. The van der Waals surface area contributed by atoms with E-state index in [1.807, 2.05) is 67.9 Å². The summed E-state index contributed by atoms with van der Waals surface area (Å²) in [6, 6.07) is 9.46. The van der Waals surface area contributed by atoms with Gasteiger partial charge in [0.15, 0.2) is 5.65 Å². The smallest absolute Gasteiger partial charge is 0.255 e. The number of fused-ring (bicyclic) bond motifs is 1. The van der Waals surface area contributed by atoms with E-state index in [1.165, 1.54) is 5.56 Å². The minimum Gasteiger partial charge on any atom is -0.319 e. The number of pyridine rings is 1. The lowest BCUT2D eigenvalue weighted by molar-refractivity contribution is 0.102. The fraction of sp³-hybridized carbons (Fsp3) is 0.176. The Morgan fingerprint density at radius 2 is 1.95 bits per heavy atom. The minimum atomic E-state index is -0.119. The molecule has 106 valence electrons. The van der Waals surface area contributed by atoms with E-state index >= 15 is 0 Å². The van der Waals surface area contributed by atoms with Crippen LogP contribution in [0.25, 0.3) is 5.65 Å². The van der Waals surface area contributed by atoms with Gasteiger partial charge in [-0.05, 0) is 56.2 Å². The average Bonchev–Trinajstić information content (AvgIpc) is 2.83. The van der Waals surface area contributed by atoms with E-state index in [0.717, 1.165) is 16.9 Å². The Hall–Kier alpha value is -2.62. The molecule has 0 fully saturated rings. The predicted octanol–water partition coefficient (Wildman–Crippen LogP) is 3.51. The highest BCUT2D eigenvalue weighted by atomic mass is 16.1. The molecule has 0 aliphatic carbocycles. The maximum atomic E-state index is 12.4. The summed E-state index contributed by atoms with van der Waals surface area (Å²) in [5.74, 6) is -0.119. The molecule has 4 heteroatoms. The van der Waals surface area contributed by atoms with Crippen molar-refractivity contribution >= 4 is 17.2 Å². The van der Waals surface area contributed by atoms with Gasteiger partial charge in [0.2, 0.25) is 0 Å². The quantitative estimate of drug-likeness (QED) is 0.780. The zero-order valence-electron chi connectivity index (χ0n) is 12.3. The van der Waals surface area contributed by atoms with E-state index in [4.69, 9.17) is 0 Å². The molecule has 3 aromatic rings. The number of carbonyl (C=O) groups is 1. The lowest BCUT2D eigenvalue weighted by Gasteiger charge is -2.08. The van der Waals surface area contributed by atoms with Gasteiger partial charge in [0.1, 0.15) is 0 Å². The monoisotopic (exact) mass is 279 g/mol. The topological polar surface area (TPSA) is 46.4 Å². The van der Waals surface area contributed by atoms with Crippen molar-refractivity contribution in [1.29, 1.82) is 0 Å². The Morgan fingerprint density at radius 3 is 2.71 bits per heavy atom. The van der Waals surface area contributed by atoms with Crippen molar-refractivity contribution in [2.45, 2.75) is 20.8 Å². The number of hydrogen-bond donors (Lipinski definition) is 1. The maximum Gasteiger partial charge on any atom is 0.255 e. The molecule has 0 unspecified atom stereocenters.